The molecule has 1 aliphatic rings. The minimum atomic E-state index is -4.32. The van der Waals surface area contributed by atoms with Crippen LogP contribution in [0.15, 0.2) is 85.4 Å². The second kappa shape index (κ2) is 12.9. The van der Waals surface area contributed by atoms with Crippen LogP contribution in [0.2, 0.25) is 0 Å². The summed E-state index contributed by atoms with van der Waals surface area (Å²) < 4.78 is 48.0. The van der Waals surface area contributed by atoms with E-state index in [9.17, 15) is 14.5 Å². The molecule has 2 atom stereocenters. The van der Waals surface area contributed by atoms with Crippen LogP contribution in [0.1, 0.15) is 22.3 Å². The molecule has 5 heterocycles. The molecule has 212 valence electrons. The molecule has 0 saturated heterocycles. The maximum absolute atomic E-state index is 13.8. The Balaban J connectivity index is 1.37. The van der Waals surface area contributed by atoms with E-state index >= 15 is 0 Å². The number of aliphatic hydroxyl groups is 1. The fraction of sp³-hybridized carbons (Fsp3) is 0.269. The molecule has 0 bridgehead atoms. The van der Waals surface area contributed by atoms with E-state index in [1.807, 2.05) is 0 Å². The summed E-state index contributed by atoms with van der Waals surface area (Å²) >= 11 is 0. The van der Waals surface area contributed by atoms with Gasteiger partial charge in [-0.1, -0.05) is 0 Å². The van der Waals surface area contributed by atoms with Gasteiger partial charge in [0.1, 0.15) is 19.3 Å². The minimum Gasteiger partial charge on any atom is -0.485 e. The first-order valence-corrected chi connectivity index (χ1v) is 13.8. The molecule has 5 rings (SSSR count). The number of hydrogen-bond acceptors (Lipinski definition) is 9. The van der Waals surface area contributed by atoms with Crippen LogP contribution in [0.5, 0.6) is 0 Å². The zero-order valence-corrected chi connectivity index (χ0v) is 22.2. The van der Waals surface area contributed by atoms with Gasteiger partial charge in [0, 0.05) is 60.7 Å². The monoisotopic (exact) mass is 572 g/mol. The van der Waals surface area contributed by atoms with Crippen molar-refractivity contribution in [3.05, 3.63) is 108 Å². The molecule has 0 amide bonds. The summed E-state index contributed by atoms with van der Waals surface area (Å²) in [5, 5.41) is 10.3. The lowest BCUT2D eigenvalue weighted by molar-refractivity contribution is -0.148. The molecule has 0 saturated carbocycles. The molecule has 0 aromatic carbocycles. The van der Waals surface area contributed by atoms with Gasteiger partial charge in [-0.15, -0.1) is 0 Å². The summed E-state index contributed by atoms with van der Waals surface area (Å²) in [4.78, 5) is 24.5. The van der Waals surface area contributed by atoms with Gasteiger partial charge in [0.05, 0.1) is 19.8 Å². The van der Waals surface area contributed by atoms with Gasteiger partial charge in [-0.2, -0.15) is 0 Å². The van der Waals surface area contributed by atoms with E-state index in [0.717, 1.165) is 11.1 Å². The average molecular weight is 573 g/mol. The van der Waals surface area contributed by atoms with Gasteiger partial charge >= 0.3 is 13.8 Å². The molecule has 0 fully saturated rings. The van der Waals surface area contributed by atoms with Crippen molar-refractivity contribution >= 4 is 13.8 Å². The summed E-state index contributed by atoms with van der Waals surface area (Å²) in [6, 6.07) is 7.06. The predicted octanol–water partition coefficient (Wildman–Crippen LogP) is 3.79. The van der Waals surface area contributed by atoms with Crippen LogP contribution in [0.25, 0.3) is 0 Å². The highest BCUT2D eigenvalue weighted by molar-refractivity contribution is 7.48. The van der Waals surface area contributed by atoms with Crippen molar-refractivity contribution in [1.82, 2.24) is 19.9 Å². The van der Waals surface area contributed by atoms with Crippen molar-refractivity contribution in [1.29, 1.82) is 0 Å². The van der Waals surface area contributed by atoms with E-state index in [1.165, 1.54) is 0 Å². The molecular weight excluding hydrogens is 543 g/mol. The number of cyclic esters (lactones) is 1. The van der Waals surface area contributed by atoms with E-state index in [4.69, 9.17) is 27.8 Å². The van der Waals surface area contributed by atoms with Crippen molar-refractivity contribution in [2.45, 2.75) is 38.6 Å². The van der Waals surface area contributed by atoms with Gasteiger partial charge in [-0.3, -0.25) is 13.6 Å². The molecular formula is C26H29N4O9P. The number of aromatic nitrogens is 4. The number of aliphatic hydroxyl groups excluding tert-OH is 1. The van der Waals surface area contributed by atoms with Crippen molar-refractivity contribution in [2.75, 3.05) is 6.61 Å². The Hall–Kier alpha value is -4.00. The van der Waals surface area contributed by atoms with Crippen LogP contribution < -0.4 is 0 Å². The standard InChI is InChI=1S/C26H29N4O9P/c31-13-22(39-40(33,36-16-20-3-7-29-11-20)37-17-21-4-8-30-12-21)23-24(34-14-18-1-5-27-9-18)25(26(32)38-23)35-15-19-2-6-28-10-19/h1-12,22-23,27-31H,13-17H2/t22-,23+/m0/s1. The molecule has 40 heavy (non-hydrogen) atoms. The second-order valence-electron chi connectivity index (χ2n) is 8.79. The highest BCUT2D eigenvalue weighted by Crippen LogP contribution is 2.53. The van der Waals surface area contributed by atoms with Crippen molar-refractivity contribution < 1.29 is 42.2 Å². The van der Waals surface area contributed by atoms with E-state index < -0.39 is 32.6 Å². The number of aromatic amines is 4. The fourth-order valence-electron chi connectivity index (χ4n) is 3.84. The number of phosphoric ester groups is 1. The lowest BCUT2D eigenvalue weighted by Crippen LogP contribution is -2.35. The van der Waals surface area contributed by atoms with Crippen LogP contribution in [-0.4, -0.2) is 49.8 Å². The summed E-state index contributed by atoms with van der Waals surface area (Å²) in [6.45, 7) is -0.791. The molecule has 0 spiro atoms. The lowest BCUT2D eigenvalue weighted by atomic mass is 10.2. The van der Waals surface area contributed by atoms with Crippen molar-refractivity contribution in [3.63, 3.8) is 0 Å². The van der Waals surface area contributed by atoms with E-state index in [-0.39, 0.29) is 37.9 Å². The second-order valence-corrected chi connectivity index (χ2v) is 10.4. The number of rotatable bonds is 16. The van der Waals surface area contributed by atoms with Crippen LogP contribution in [-0.2, 0) is 63.6 Å². The van der Waals surface area contributed by atoms with Crippen molar-refractivity contribution in [3.8, 4) is 0 Å². The third-order valence-corrected chi connectivity index (χ3v) is 7.31. The average Bonchev–Trinajstić information content (AvgIpc) is 3.79. The van der Waals surface area contributed by atoms with Gasteiger partial charge in [-0.05, 0) is 35.4 Å². The first-order chi connectivity index (χ1) is 19.5. The normalized spacial score (nSPS) is 16.3. The molecule has 5 N–H and O–H groups in total. The summed E-state index contributed by atoms with van der Waals surface area (Å²) in [5.74, 6) is -1.01. The maximum atomic E-state index is 13.8. The van der Waals surface area contributed by atoms with Gasteiger partial charge in [0.15, 0.2) is 11.9 Å². The SMILES string of the molecule is O=C1O[C@H]([C@H](CO)OP(=O)(OCc2cc[nH]c2)OCc2cc[nH]c2)C(OCc2cc[nH]c2)=C1OCc1cc[nH]c1. The van der Waals surface area contributed by atoms with Crippen LogP contribution in [0.3, 0.4) is 0 Å². The molecule has 14 heteroatoms. The third kappa shape index (κ3) is 6.95. The zero-order chi connectivity index (χ0) is 27.8. The molecule has 4 aromatic rings. The summed E-state index contributed by atoms with van der Waals surface area (Å²) in [5.41, 5.74) is 2.95. The first-order valence-electron chi connectivity index (χ1n) is 12.4. The Kier molecular flexibility index (Phi) is 8.89. The lowest BCUT2D eigenvalue weighted by Gasteiger charge is -2.26. The number of carbonyl (C=O) groups excluding carboxylic acids is 1. The van der Waals surface area contributed by atoms with Gasteiger partial charge < -0.3 is 39.3 Å². The Labute approximate surface area is 229 Å². The molecule has 0 aliphatic carbocycles. The van der Waals surface area contributed by atoms with Gasteiger partial charge in [-0.25, -0.2) is 9.36 Å². The number of ether oxygens (including phenoxy) is 3. The third-order valence-electron chi connectivity index (χ3n) is 5.89. The predicted molar refractivity (Wildman–Crippen MR) is 139 cm³/mol. The summed E-state index contributed by atoms with van der Waals surface area (Å²) in [7, 11) is -4.32. The molecule has 1 aliphatic heterocycles. The smallest absolute Gasteiger partial charge is 0.475 e. The Morgan fingerprint density at radius 2 is 1.25 bits per heavy atom. The van der Waals surface area contributed by atoms with Crippen LogP contribution in [0.4, 0.5) is 0 Å². The summed E-state index contributed by atoms with van der Waals surface area (Å²) in [6.07, 6.45) is 10.9. The number of carbonyl (C=O) groups is 1. The highest BCUT2D eigenvalue weighted by Gasteiger charge is 2.46. The zero-order valence-electron chi connectivity index (χ0n) is 21.3. The van der Waals surface area contributed by atoms with Crippen LogP contribution in [0, 0.1) is 0 Å². The van der Waals surface area contributed by atoms with Gasteiger partial charge in [0.2, 0.25) is 5.76 Å². The van der Waals surface area contributed by atoms with E-state index in [0.29, 0.717) is 11.1 Å². The molecule has 4 aromatic heterocycles. The fourth-order valence-corrected chi connectivity index (χ4v) is 5.16. The number of phosphoric acid groups is 1. The number of H-pyrrole nitrogens is 4. The number of nitrogens with one attached hydrogen (secondary N) is 4. The molecule has 13 nitrogen and oxygen atoms in total. The first kappa shape index (κ1) is 27.6. The maximum Gasteiger partial charge on any atom is 0.475 e. The Bertz CT molecular complexity index is 1360. The van der Waals surface area contributed by atoms with E-state index in [1.54, 1.807) is 73.8 Å². The molecule has 0 unspecified atom stereocenters. The molecule has 0 radical (unpaired) electrons. The Morgan fingerprint density at radius 1 is 0.775 bits per heavy atom. The van der Waals surface area contributed by atoms with Crippen molar-refractivity contribution in [2.24, 2.45) is 0 Å². The minimum absolute atomic E-state index is 0.0106. The topological polar surface area (TPSA) is 173 Å². The number of hydrogen-bond donors (Lipinski definition) is 5. The Morgan fingerprint density at radius 3 is 1.70 bits per heavy atom. The number of esters is 1. The van der Waals surface area contributed by atoms with Crippen LogP contribution >= 0.6 is 7.82 Å². The van der Waals surface area contributed by atoms with E-state index in [2.05, 4.69) is 19.9 Å². The quantitative estimate of drug-likeness (QED) is 0.0989. The van der Waals surface area contributed by atoms with Gasteiger partial charge in [0.25, 0.3) is 0 Å². The largest absolute Gasteiger partial charge is 0.485 e. The highest BCUT2D eigenvalue weighted by atomic mass is 31.2.